The van der Waals surface area contributed by atoms with Crippen molar-refractivity contribution in [2.75, 3.05) is 5.32 Å². The van der Waals surface area contributed by atoms with Gasteiger partial charge in [-0.05, 0) is 49.9 Å². The number of aromatic hydroxyl groups is 1. The van der Waals surface area contributed by atoms with Crippen LogP contribution in [-0.2, 0) is 0 Å². The quantitative estimate of drug-likeness (QED) is 0.740. The van der Waals surface area contributed by atoms with Gasteiger partial charge in [-0.1, -0.05) is 13.8 Å². The van der Waals surface area contributed by atoms with E-state index in [1.807, 2.05) is 13.0 Å². The van der Waals surface area contributed by atoms with Crippen LogP contribution in [0.15, 0.2) is 18.2 Å². The summed E-state index contributed by atoms with van der Waals surface area (Å²) in [6, 6.07) is 5.90. The molecule has 0 aromatic heterocycles. The van der Waals surface area contributed by atoms with Crippen molar-refractivity contribution < 1.29 is 5.11 Å². The van der Waals surface area contributed by atoms with Gasteiger partial charge in [0, 0.05) is 11.7 Å². The molecule has 1 aromatic carbocycles. The third-order valence-corrected chi connectivity index (χ3v) is 2.44. The van der Waals surface area contributed by atoms with Crippen molar-refractivity contribution in [2.24, 2.45) is 5.92 Å². The summed E-state index contributed by atoms with van der Waals surface area (Å²) in [6.07, 6.45) is 1.15. The Bertz CT molecular complexity index is 320. The van der Waals surface area contributed by atoms with Gasteiger partial charge in [0.15, 0.2) is 0 Å². The zero-order chi connectivity index (χ0) is 11.4. The SMILES string of the molecule is Cc1cc(O)ccc1NC(C)CC(C)C. The van der Waals surface area contributed by atoms with E-state index in [0.717, 1.165) is 17.7 Å². The van der Waals surface area contributed by atoms with Gasteiger partial charge in [-0.15, -0.1) is 0 Å². The van der Waals surface area contributed by atoms with Crippen molar-refractivity contribution in [3.05, 3.63) is 23.8 Å². The van der Waals surface area contributed by atoms with Crippen LogP contribution in [0, 0.1) is 12.8 Å². The Labute approximate surface area is 92.3 Å². The number of anilines is 1. The molecule has 0 aliphatic carbocycles. The molecule has 0 bridgehead atoms. The highest BCUT2D eigenvalue weighted by molar-refractivity contribution is 5.53. The fourth-order valence-corrected chi connectivity index (χ4v) is 1.84. The van der Waals surface area contributed by atoms with Crippen molar-refractivity contribution in [1.82, 2.24) is 0 Å². The third kappa shape index (κ3) is 3.82. The number of phenols is 1. The average molecular weight is 207 g/mol. The Morgan fingerprint density at radius 2 is 1.93 bits per heavy atom. The first kappa shape index (κ1) is 11.9. The standard InChI is InChI=1S/C13H21NO/c1-9(2)7-11(4)14-13-6-5-12(15)8-10(13)3/h5-6,8-9,11,14-15H,7H2,1-4H3. The largest absolute Gasteiger partial charge is 0.508 e. The lowest BCUT2D eigenvalue weighted by atomic mass is 10.0. The molecule has 0 radical (unpaired) electrons. The van der Waals surface area contributed by atoms with Gasteiger partial charge < -0.3 is 10.4 Å². The molecular formula is C13H21NO. The summed E-state index contributed by atoms with van der Waals surface area (Å²) in [4.78, 5) is 0. The number of hydrogen-bond donors (Lipinski definition) is 2. The molecule has 84 valence electrons. The maximum Gasteiger partial charge on any atom is 0.115 e. The van der Waals surface area contributed by atoms with Crippen LogP contribution in [0.5, 0.6) is 5.75 Å². The minimum Gasteiger partial charge on any atom is -0.508 e. The van der Waals surface area contributed by atoms with Crippen molar-refractivity contribution in [1.29, 1.82) is 0 Å². The smallest absolute Gasteiger partial charge is 0.115 e. The van der Waals surface area contributed by atoms with Gasteiger partial charge in [-0.3, -0.25) is 0 Å². The van der Waals surface area contributed by atoms with Crippen LogP contribution in [0.2, 0.25) is 0 Å². The lowest BCUT2D eigenvalue weighted by Crippen LogP contribution is -2.17. The predicted molar refractivity (Wildman–Crippen MR) is 65.4 cm³/mol. The number of nitrogens with one attached hydrogen (secondary N) is 1. The summed E-state index contributed by atoms with van der Waals surface area (Å²) in [6.45, 7) is 8.64. The van der Waals surface area contributed by atoms with Gasteiger partial charge in [0.1, 0.15) is 5.75 Å². The molecule has 0 amide bonds. The first-order chi connectivity index (χ1) is 6.99. The molecule has 15 heavy (non-hydrogen) atoms. The fourth-order valence-electron chi connectivity index (χ4n) is 1.84. The van der Waals surface area contributed by atoms with E-state index in [4.69, 9.17) is 0 Å². The van der Waals surface area contributed by atoms with Crippen LogP contribution < -0.4 is 5.32 Å². The molecule has 0 saturated carbocycles. The summed E-state index contributed by atoms with van der Waals surface area (Å²) in [5, 5.41) is 12.7. The van der Waals surface area contributed by atoms with Crippen LogP contribution in [0.1, 0.15) is 32.8 Å². The first-order valence-corrected chi connectivity index (χ1v) is 5.55. The molecule has 0 fully saturated rings. The second kappa shape index (κ2) is 5.06. The molecule has 2 heteroatoms. The van der Waals surface area contributed by atoms with Gasteiger partial charge >= 0.3 is 0 Å². The Morgan fingerprint density at radius 1 is 1.27 bits per heavy atom. The zero-order valence-electron chi connectivity index (χ0n) is 10.0. The lowest BCUT2D eigenvalue weighted by Gasteiger charge is -2.18. The normalized spacial score (nSPS) is 12.9. The number of hydrogen-bond acceptors (Lipinski definition) is 2. The second-order valence-electron chi connectivity index (χ2n) is 4.67. The molecule has 1 rings (SSSR count). The van der Waals surface area contributed by atoms with Crippen LogP contribution in [0.3, 0.4) is 0 Å². The van der Waals surface area contributed by atoms with Crippen LogP contribution >= 0.6 is 0 Å². The molecule has 1 atom stereocenters. The molecule has 2 nitrogen and oxygen atoms in total. The van der Waals surface area contributed by atoms with Crippen LogP contribution in [0.4, 0.5) is 5.69 Å². The molecular weight excluding hydrogens is 186 g/mol. The molecule has 0 aliphatic heterocycles. The van der Waals surface area contributed by atoms with Crippen LogP contribution in [-0.4, -0.2) is 11.1 Å². The van der Waals surface area contributed by atoms with Gasteiger partial charge in [0.2, 0.25) is 0 Å². The number of rotatable bonds is 4. The highest BCUT2D eigenvalue weighted by Crippen LogP contribution is 2.21. The molecule has 0 spiro atoms. The molecule has 0 heterocycles. The van der Waals surface area contributed by atoms with Crippen molar-refractivity contribution in [3.63, 3.8) is 0 Å². The maximum absolute atomic E-state index is 9.29. The Hall–Kier alpha value is -1.18. The number of phenolic OH excluding ortho intramolecular Hbond substituents is 1. The average Bonchev–Trinajstić information content (AvgIpc) is 2.08. The summed E-state index contributed by atoms with van der Waals surface area (Å²) in [7, 11) is 0. The Balaban J connectivity index is 2.64. The summed E-state index contributed by atoms with van der Waals surface area (Å²) in [5.74, 6) is 1.03. The third-order valence-electron chi connectivity index (χ3n) is 2.44. The van der Waals surface area contributed by atoms with E-state index < -0.39 is 0 Å². The summed E-state index contributed by atoms with van der Waals surface area (Å²) < 4.78 is 0. The molecule has 1 unspecified atom stereocenters. The summed E-state index contributed by atoms with van der Waals surface area (Å²) in [5.41, 5.74) is 2.20. The van der Waals surface area contributed by atoms with E-state index >= 15 is 0 Å². The topological polar surface area (TPSA) is 32.3 Å². The summed E-state index contributed by atoms with van der Waals surface area (Å²) >= 11 is 0. The van der Waals surface area contributed by atoms with Crippen LogP contribution in [0.25, 0.3) is 0 Å². The monoisotopic (exact) mass is 207 g/mol. The predicted octanol–water partition coefficient (Wildman–Crippen LogP) is 3.55. The van der Waals surface area contributed by atoms with Crippen molar-refractivity contribution in [3.8, 4) is 5.75 Å². The van der Waals surface area contributed by atoms with E-state index in [-0.39, 0.29) is 0 Å². The number of aryl methyl sites for hydroxylation is 1. The Kier molecular flexibility index (Phi) is 4.01. The minimum atomic E-state index is 0.328. The van der Waals surface area contributed by atoms with E-state index in [2.05, 4.69) is 26.1 Å². The van der Waals surface area contributed by atoms with Gasteiger partial charge in [0.05, 0.1) is 0 Å². The van der Waals surface area contributed by atoms with Crippen molar-refractivity contribution in [2.45, 2.75) is 40.2 Å². The first-order valence-electron chi connectivity index (χ1n) is 5.55. The lowest BCUT2D eigenvalue weighted by molar-refractivity contribution is 0.475. The van der Waals surface area contributed by atoms with E-state index in [1.54, 1.807) is 12.1 Å². The second-order valence-corrected chi connectivity index (χ2v) is 4.67. The molecule has 1 aromatic rings. The highest BCUT2D eigenvalue weighted by Gasteiger charge is 2.06. The van der Waals surface area contributed by atoms with E-state index in [1.165, 1.54) is 0 Å². The maximum atomic E-state index is 9.29. The molecule has 0 saturated heterocycles. The highest BCUT2D eigenvalue weighted by atomic mass is 16.3. The van der Waals surface area contributed by atoms with E-state index in [0.29, 0.717) is 17.7 Å². The molecule has 0 aliphatic rings. The Morgan fingerprint density at radius 3 is 2.47 bits per heavy atom. The zero-order valence-corrected chi connectivity index (χ0v) is 10.0. The van der Waals surface area contributed by atoms with Gasteiger partial charge in [0.25, 0.3) is 0 Å². The van der Waals surface area contributed by atoms with E-state index in [9.17, 15) is 5.11 Å². The number of benzene rings is 1. The van der Waals surface area contributed by atoms with Gasteiger partial charge in [-0.25, -0.2) is 0 Å². The minimum absolute atomic E-state index is 0.328. The fraction of sp³-hybridized carbons (Fsp3) is 0.538. The molecule has 2 N–H and O–H groups in total. The van der Waals surface area contributed by atoms with Crippen molar-refractivity contribution >= 4 is 5.69 Å². The van der Waals surface area contributed by atoms with Gasteiger partial charge in [-0.2, -0.15) is 0 Å².